The van der Waals surface area contributed by atoms with Crippen molar-refractivity contribution in [2.24, 2.45) is 0 Å². The van der Waals surface area contributed by atoms with Crippen molar-refractivity contribution in [2.75, 3.05) is 25.6 Å². The highest BCUT2D eigenvalue weighted by molar-refractivity contribution is 6.03. The number of benzene rings is 1. The number of ether oxygens (including phenoxy) is 1. The molecule has 156 valence electrons. The van der Waals surface area contributed by atoms with Crippen molar-refractivity contribution in [1.29, 1.82) is 0 Å². The molecule has 0 saturated carbocycles. The standard InChI is InChI=1S/C24H32N2O3/c1-5-6-7-8-13-29-24(28)23-16(2)22-20(25-23)14-18(15-21(22)27)17-9-11-19(12-10-17)26(3)4/h9-12,18,25H,5-8,13-15H2,1-4H3/t18-/m0/s1. The third-order valence-electron chi connectivity index (χ3n) is 5.80. The zero-order valence-electron chi connectivity index (χ0n) is 18.0. The van der Waals surface area contributed by atoms with Gasteiger partial charge in [-0.25, -0.2) is 4.79 Å². The van der Waals surface area contributed by atoms with Crippen molar-refractivity contribution in [3.8, 4) is 0 Å². The van der Waals surface area contributed by atoms with Gasteiger partial charge in [-0.1, -0.05) is 38.3 Å². The number of carbonyl (C=O) groups is 2. The molecule has 29 heavy (non-hydrogen) atoms. The number of rotatable bonds is 8. The molecule has 1 N–H and O–H groups in total. The average Bonchev–Trinajstić information content (AvgIpc) is 3.04. The summed E-state index contributed by atoms with van der Waals surface area (Å²) in [5.74, 6) is -0.126. The largest absolute Gasteiger partial charge is 0.461 e. The highest BCUT2D eigenvalue weighted by Crippen LogP contribution is 2.35. The van der Waals surface area contributed by atoms with Gasteiger partial charge >= 0.3 is 5.97 Å². The van der Waals surface area contributed by atoms with E-state index in [1.807, 2.05) is 21.0 Å². The number of nitrogens with zero attached hydrogens (tertiary/aromatic N) is 1. The Labute approximate surface area is 173 Å². The fourth-order valence-electron chi connectivity index (χ4n) is 4.08. The monoisotopic (exact) mass is 396 g/mol. The normalized spacial score (nSPS) is 15.9. The van der Waals surface area contributed by atoms with E-state index in [-0.39, 0.29) is 17.7 Å². The van der Waals surface area contributed by atoms with Gasteiger partial charge in [-0.05, 0) is 48.9 Å². The number of H-pyrrole nitrogens is 1. The van der Waals surface area contributed by atoms with E-state index >= 15 is 0 Å². The summed E-state index contributed by atoms with van der Waals surface area (Å²) in [6.07, 6.45) is 5.45. The average molecular weight is 397 g/mol. The second-order valence-corrected chi connectivity index (χ2v) is 8.19. The first-order valence-corrected chi connectivity index (χ1v) is 10.6. The number of ketones is 1. The lowest BCUT2D eigenvalue weighted by Gasteiger charge is -2.23. The predicted molar refractivity (Wildman–Crippen MR) is 116 cm³/mol. The Morgan fingerprint density at radius 1 is 1.14 bits per heavy atom. The lowest BCUT2D eigenvalue weighted by molar-refractivity contribution is 0.0490. The maximum Gasteiger partial charge on any atom is 0.355 e. The fourth-order valence-corrected chi connectivity index (χ4v) is 4.08. The molecule has 0 spiro atoms. The van der Waals surface area contributed by atoms with Gasteiger partial charge < -0.3 is 14.6 Å². The molecule has 0 fully saturated rings. The van der Waals surface area contributed by atoms with E-state index in [2.05, 4.69) is 41.1 Å². The zero-order chi connectivity index (χ0) is 21.0. The lowest BCUT2D eigenvalue weighted by Crippen LogP contribution is -2.18. The fraction of sp³-hybridized carbons (Fsp3) is 0.500. The quantitative estimate of drug-likeness (QED) is 0.502. The Morgan fingerprint density at radius 2 is 1.86 bits per heavy atom. The first kappa shape index (κ1) is 21.2. The molecule has 1 heterocycles. The van der Waals surface area contributed by atoms with Crippen molar-refractivity contribution in [3.63, 3.8) is 0 Å². The number of nitrogens with one attached hydrogen (secondary N) is 1. The molecular weight excluding hydrogens is 364 g/mol. The molecular formula is C24H32N2O3. The number of aromatic amines is 1. The Morgan fingerprint density at radius 3 is 2.52 bits per heavy atom. The van der Waals surface area contributed by atoms with E-state index < -0.39 is 0 Å². The van der Waals surface area contributed by atoms with Crippen LogP contribution in [0.1, 0.15) is 82.6 Å². The predicted octanol–water partition coefficient (Wildman–Crippen LogP) is 5.04. The minimum atomic E-state index is -0.354. The van der Waals surface area contributed by atoms with E-state index in [4.69, 9.17) is 4.74 Å². The molecule has 0 unspecified atom stereocenters. The van der Waals surface area contributed by atoms with Gasteiger partial charge in [0.15, 0.2) is 5.78 Å². The number of carbonyl (C=O) groups excluding carboxylic acids is 2. The number of anilines is 1. The number of esters is 1. The molecule has 1 aromatic carbocycles. The smallest absolute Gasteiger partial charge is 0.355 e. The molecule has 1 aliphatic rings. The van der Waals surface area contributed by atoms with E-state index in [0.717, 1.165) is 54.6 Å². The third-order valence-corrected chi connectivity index (χ3v) is 5.80. The second-order valence-electron chi connectivity index (χ2n) is 8.19. The molecule has 1 aliphatic carbocycles. The van der Waals surface area contributed by atoms with Crippen LogP contribution in [0.2, 0.25) is 0 Å². The summed E-state index contributed by atoms with van der Waals surface area (Å²) >= 11 is 0. The summed E-state index contributed by atoms with van der Waals surface area (Å²) in [7, 11) is 4.02. The van der Waals surface area contributed by atoms with Crippen LogP contribution in [-0.4, -0.2) is 37.4 Å². The van der Waals surface area contributed by atoms with E-state index in [1.54, 1.807) is 0 Å². The van der Waals surface area contributed by atoms with Crippen LogP contribution in [0.5, 0.6) is 0 Å². The molecule has 0 amide bonds. The zero-order valence-corrected chi connectivity index (χ0v) is 18.0. The Bertz CT molecular complexity index is 865. The first-order chi connectivity index (χ1) is 13.9. The Hall–Kier alpha value is -2.56. The van der Waals surface area contributed by atoms with Gasteiger partial charge in [0.2, 0.25) is 0 Å². The second kappa shape index (κ2) is 9.29. The van der Waals surface area contributed by atoms with Crippen molar-refractivity contribution in [1.82, 2.24) is 4.98 Å². The number of fused-ring (bicyclic) bond motifs is 1. The molecule has 0 saturated heterocycles. The van der Waals surface area contributed by atoms with E-state index in [9.17, 15) is 9.59 Å². The first-order valence-electron chi connectivity index (χ1n) is 10.6. The van der Waals surface area contributed by atoms with Crippen LogP contribution in [0.15, 0.2) is 24.3 Å². The Balaban J connectivity index is 1.72. The van der Waals surface area contributed by atoms with Crippen LogP contribution >= 0.6 is 0 Å². The van der Waals surface area contributed by atoms with Crippen molar-refractivity contribution in [3.05, 3.63) is 52.3 Å². The van der Waals surface area contributed by atoms with Gasteiger partial charge in [-0.15, -0.1) is 0 Å². The molecule has 1 atom stereocenters. The third kappa shape index (κ3) is 4.72. The molecule has 0 radical (unpaired) electrons. The van der Waals surface area contributed by atoms with Gasteiger partial charge in [-0.3, -0.25) is 4.79 Å². The Kier molecular flexibility index (Phi) is 6.78. The number of hydrogen-bond acceptors (Lipinski definition) is 4. The van der Waals surface area contributed by atoms with Crippen LogP contribution in [0, 0.1) is 6.92 Å². The number of hydrogen-bond donors (Lipinski definition) is 1. The summed E-state index contributed by atoms with van der Waals surface area (Å²) in [4.78, 5) is 30.6. The lowest BCUT2D eigenvalue weighted by atomic mass is 9.81. The van der Waals surface area contributed by atoms with Crippen LogP contribution in [0.25, 0.3) is 0 Å². The van der Waals surface area contributed by atoms with Crippen molar-refractivity contribution >= 4 is 17.4 Å². The molecule has 2 aromatic rings. The molecule has 5 heteroatoms. The van der Waals surface area contributed by atoms with Gasteiger partial charge in [0, 0.05) is 37.5 Å². The molecule has 0 aliphatic heterocycles. The van der Waals surface area contributed by atoms with Crippen molar-refractivity contribution in [2.45, 2.75) is 58.3 Å². The van der Waals surface area contributed by atoms with Gasteiger partial charge in [0.05, 0.1) is 6.61 Å². The maximum absolute atomic E-state index is 12.9. The highest BCUT2D eigenvalue weighted by Gasteiger charge is 2.32. The minimum absolute atomic E-state index is 0.101. The summed E-state index contributed by atoms with van der Waals surface area (Å²) in [6, 6.07) is 8.35. The highest BCUT2D eigenvalue weighted by atomic mass is 16.5. The van der Waals surface area contributed by atoms with Gasteiger partial charge in [0.1, 0.15) is 5.69 Å². The molecule has 0 bridgehead atoms. The molecule has 3 rings (SSSR count). The SMILES string of the molecule is CCCCCCOC(=O)c1[nH]c2c(c1C)C(=O)C[C@@H](c1ccc(N(C)C)cc1)C2. The van der Waals surface area contributed by atoms with E-state index in [1.165, 1.54) is 0 Å². The summed E-state index contributed by atoms with van der Waals surface area (Å²) < 4.78 is 5.43. The van der Waals surface area contributed by atoms with Gasteiger partial charge in [0.25, 0.3) is 0 Å². The van der Waals surface area contributed by atoms with Crippen LogP contribution in [0.4, 0.5) is 5.69 Å². The van der Waals surface area contributed by atoms with Crippen LogP contribution in [0.3, 0.4) is 0 Å². The van der Waals surface area contributed by atoms with Gasteiger partial charge in [-0.2, -0.15) is 0 Å². The topological polar surface area (TPSA) is 62.4 Å². The molecule has 5 nitrogen and oxygen atoms in total. The van der Waals surface area contributed by atoms with Crippen LogP contribution in [-0.2, 0) is 11.2 Å². The number of Topliss-reactive ketones (excluding diaryl/α,β-unsaturated/α-hetero) is 1. The molecule has 1 aromatic heterocycles. The van der Waals surface area contributed by atoms with E-state index in [0.29, 0.717) is 24.3 Å². The minimum Gasteiger partial charge on any atom is -0.461 e. The summed E-state index contributed by atoms with van der Waals surface area (Å²) in [5.41, 5.74) is 4.99. The van der Waals surface area contributed by atoms with Crippen molar-refractivity contribution < 1.29 is 14.3 Å². The number of unbranched alkanes of at least 4 members (excludes halogenated alkanes) is 3. The van der Waals surface area contributed by atoms with Crippen LogP contribution < -0.4 is 4.90 Å². The summed E-state index contributed by atoms with van der Waals surface area (Å²) in [6.45, 7) is 4.42. The summed E-state index contributed by atoms with van der Waals surface area (Å²) in [5, 5.41) is 0. The number of aromatic nitrogens is 1. The maximum atomic E-state index is 12.9.